The summed E-state index contributed by atoms with van der Waals surface area (Å²) >= 11 is 0. The molecule has 0 aromatic heterocycles. The summed E-state index contributed by atoms with van der Waals surface area (Å²) in [4.78, 5) is 25.2. The van der Waals surface area contributed by atoms with Crippen LogP contribution in [-0.2, 0) is 9.59 Å². The minimum Gasteiger partial charge on any atom is -0.390 e. The van der Waals surface area contributed by atoms with E-state index in [9.17, 15) is 19.8 Å². The summed E-state index contributed by atoms with van der Waals surface area (Å²) in [6, 6.07) is 0. The fourth-order valence-corrected chi connectivity index (χ4v) is 8.14. The molecule has 4 aliphatic rings. The van der Waals surface area contributed by atoms with E-state index >= 15 is 4.39 Å². The van der Waals surface area contributed by atoms with Gasteiger partial charge >= 0.3 is 0 Å². The van der Waals surface area contributed by atoms with E-state index in [1.54, 1.807) is 19.1 Å². The second kappa shape index (κ2) is 8.59. The normalized spacial score (nSPS) is 44.9. The van der Waals surface area contributed by atoms with Gasteiger partial charge in [0, 0.05) is 29.6 Å². The van der Waals surface area contributed by atoms with Crippen LogP contribution in [0.4, 0.5) is 4.39 Å². The Kier molecular flexibility index (Phi) is 6.48. The first kappa shape index (κ1) is 27.2. The number of allylic oxidation sites excluding steroid dienone is 4. The number of rotatable bonds is 4. The zero-order valence-electron chi connectivity index (χ0n) is 22.8. The van der Waals surface area contributed by atoms with Gasteiger partial charge in [0.2, 0.25) is 5.91 Å². The third kappa shape index (κ3) is 3.67. The Morgan fingerprint density at radius 3 is 2.53 bits per heavy atom. The lowest BCUT2D eigenvalue weighted by atomic mass is 9.44. The molecule has 0 heterocycles. The number of Topliss-reactive ketones (excluding diaryl/α,β-unsaturated/α-hetero) is 1. The molecule has 36 heavy (non-hydrogen) atoms. The van der Waals surface area contributed by atoms with Crippen molar-refractivity contribution in [2.75, 3.05) is 0 Å². The van der Waals surface area contributed by atoms with Crippen molar-refractivity contribution >= 4 is 17.4 Å². The number of hydrogen-bond donors (Lipinski definition) is 3. The molecule has 6 nitrogen and oxygen atoms in total. The molecule has 0 bridgehead atoms. The molecule has 0 aromatic carbocycles. The van der Waals surface area contributed by atoms with E-state index in [1.807, 2.05) is 47.6 Å². The largest absolute Gasteiger partial charge is 0.390 e. The van der Waals surface area contributed by atoms with Crippen molar-refractivity contribution in [1.29, 1.82) is 0 Å². The molecule has 0 aliphatic heterocycles. The zero-order chi connectivity index (χ0) is 26.9. The summed E-state index contributed by atoms with van der Waals surface area (Å²) in [5, 5.41) is 27.4. The Morgan fingerprint density at radius 1 is 1.25 bits per heavy atom. The molecule has 3 saturated carbocycles. The summed E-state index contributed by atoms with van der Waals surface area (Å²) < 4.78 is 17.4. The number of hydrazone groups is 1. The Morgan fingerprint density at radius 2 is 1.92 bits per heavy atom. The molecule has 0 aromatic rings. The number of hydrogen-bond acceptors (Lipinski definition) is 5. The Bertz CT molecular complexity index is 1040. The highest BCUT2D eigenvalue weighted by atomic mass is 19.1. The number of fused-ring (bicyclic) bond motifs is 5. The number of aliphatic hydroxyl groups excluding tert-OH is 1. The summed E-state index contributed by atoms with van der Waals surface area (Å²) in [5.74, 6) is -1.37. The minimum absolute atomic E-state index is 0.0394. The van der Waals surface area contributed by atoms with Gasteiger partial charge in [-0.2, -0.15) is 5.10 Å². The highest BCUT2D eigenvalue weighted by Crippen LogP contribution is 2.70. The summed E-state index contributed by atoms with van der Waals surface area (Å²) in [6.45, 7) is 13.3. The van der Waals surface area contributed by atoms with Gasteiger partial charge in [-0.05, 0) is 62.0 Å². The number of carbonyl (C=O) groups is 2. The van der Waals surface area contributed by atoms with Crippen LogP contribution < -0.4 is 5.43 Å². The van der Waals surface area contributed by atoms with E-state index < -0.39 is 34.1 Å². The van der Waals surface area contributed by atoms with E-state index in [0.717, 1.165) is 5.57 Å². The fourth-order valence-electron chi connectivity index (χ4n) is 8.14. The van der Waals surface area contributed by atoms with Gasteiger partial charge in [0.05, 0.1) is 11.8 Å². The van der Waals surface area contributed by atoms with Crippen LogP contribution >= 0.6 is 0 Å². The van der Waals surface area contributed by atoms with Gasteiger partial charge in [-0.1, -0.05) is 53.2 Å². The average Bonchev–Trinajstić information content (AvgIpc) is 2.98. The fraction of sp³-hybridized carbons (Fsp3) is 0.759. The second-order valence-electron chi connectivity index (χ2n) is 13.4. The van der Waals surface area contributed by atoms with Crippen LogP contribution in [0.15, 0.2) is 28.9 Å². The number of halogens is 1. The maximum atomic E-state index is 17.4. The summed E-state index contributed by atoms with van der Waals surface area (Å²) in [7, 11) is 0. The SMILES string of the molecule is CCC(=O)[C@@]1(O)[C@H](C)C[C@H]2[C@@H]3CCC4=C/C(=N/NC(=O)CC(C)(C)C)C=C[C@]4(C)[C@@]3(F)[C@@H](O)C[C@@]21C. The van der Waals surface area contributed by atoms with Crippen molar-refractivity contribution in [3.63, 3.8) is 0 Å². The quantitative estimate of drug-likeness (QED) is 0.487. The van der Waals surface area contributed by atoms with Gasteiger partial charge in [0.25, 0.3) is 0 Å². The second-order valence-corrected chi connectivity index (χ2v) is 13.4. The van der Waals surface area contributed by atoms with Crippen molar-refractivity contribution in [2.24, 2.45) is 39.1 Å². The van der Waals surface area contributed by atoms with Crippen LogP contribution in [0.5, 0.6) is 0 Å². The molecule has 3 N–H and O–H groups in total. The van der Waals surface area contributed by atoms with Gasteiger partial charge in [-0.3, -0.25) is 9.59 Å². The van der Waals surface area contributed by atoms with Gasteiger partial charge in [0.15, 0.2) is 11.5 Å². The molecule has 3 fully saturated rings. The molecule has 0 unspecified atom stereocenters. The lowest BCUT2D eigenvalue weighted by Gasteiger charge is -2.62. The number of nitrogens with one attached hydrogen (secondary N) is 1. The maximum absolute atomic E-state index is 17.4. The van der Waals surface area contributed by atoms with E-state index in [0.29, 0.717) is 31.4 Å². The minimum atomic E-state index is -1.93. The molecule has 4 aliphatic carbocycles. The number of aliphatic hydroxyl groups is 2. The van der Waals surface area contributed by atoms with Crippen LogP contribution in [0.1, 0.15) is 87.0 Å². The molecule has 200 valence electrons. The monoisotopic (exact) mass is 502 g/mol. The maximum Gasteiger partial charge on any atom is 0.240 e. The van der Waals surface area contributed by atoms with Crippen LogP contribution in [0.2, 0.25) is 0 Å². The van der Waals surface area contributed by atoms with Crippen molar-refractivity contribution < 1.29 is 24.2 Å². The van der Waals surface area contributed by atoms with Crippen LogP contribution in [0.25, 0.3) is 0 Å². The lowest BCUT2D eigenvalue weighted by molar-refractivity contribution is -0.218. The summed E-state index contributed by atoms with van der Waals surface area (Å²) in [6.07, 6.45) is 6.33. The topological polar surface area (TPSA) is 99.0 Å². The first-order valence-corrected chi connectivity index (χ1v) is 13.4. The lowest BCUT2D eigenvalue weighted by Crippen LogP contribution is -2.69. The van der Waals surface area contributed by atoms with Crippen molar-refractivity contribution in [3.8, 4) is 0 Å². The van der Waals surface area contributed by atoms with E-state index in [4.69, 9.17) is 0 Å². The van der Waals surface area contributed by atoms with Crippen LogP contribution in [0, 0.1) is 34.0 Å². The number of nitrogens with zero attached hydrogens (tertiary/aromatic N) is 1. The van der Waals surface area contributed by atoms with Gasteiger partial charge in [-0.25, -0.2) is 9.82 Å². The summed E-state index contributed by atoms with van der Waals surface area (Å²) in [5.41, 5.74) is -1.54. The first-order valence-electron chi connectivity index (χ1n) is 13.4. The van der Waals surface area contributed by atoms with Gasteiger partial charge < -0.3 is 10.2 Å². The predicted molar refractivity (Wildman–Crippen MR) is 138 cm³/mol. The molecule has 0 saturated heterocycles. The Labute approximate surface area is 214 Å². The average molecular weight is 503 g/mol. The number of carbonyl (C=O) groups excluding carboxylic acids is 2. The van der Waals surface area contributed by atoms with Crippen molar-refractivity contribution in [3.05, 3.63) is 23.8 Å². The Balaban J connectivity index is 1.65. The smallest absolute Gasteiger partial charge is 0.240 e. The Hall–Kier alpha value is -1.86. The third-order valence-electron chi connectivity index (χ3n) is 9.98. The van der Waals surface area contributed by atoms with Crippen LogP contribution in [0.3, 0.4) is 0 Å². The number of amides is 1. The molecule has 0 spiro atoms. The molecular weight excluding hydrogens is 459 g/mol. The molecule has 4 rings (SSSR count). The van der Waals surface area contributed by atoms with Crippen molar-refractivity contribution in [2.45, 2.75) is 104 Å². The van der Waals surface area contributed by atoms with Gasteiger partial charge in [-0.15, -0.1) is 0 Å². The van der Waals surface area contributed by atoms with E-state index in [2.05, 4.69) is 10.5 Å². The third-order valence-corrected chi connectivity index (χ3v) is 9.98. The molecule has 1 amide bonds. The number of alkyl halides is 1. The molecule has 7 heteroatoms. The first-order chi connectivity index (χ1) is 16.5. The standard InChI is InChI=1S/C29H43FN2O4/c1-8-22(33)29(36)17(2)13-21-20-10-9-18-14-19(31-32-24(35)16-25(3,4)5)11-12-26(18,6)28(20,30)23(34)15-27(21,29)7/h11-12,14,17,20-21,23,34,36H,8-10,13,15-16H2,1-7H3,(H,32,35)/b31-19+/t17-,20+,21+,23+,26+,27+,28+,29+/m1/s1. The van der Waals surface area contributed by atoms with Crippen molar-refractivity contribution in [1.82, 2.24) is 5.43 Å². The highest BCUT2D eigenvalue weighted by Gasteiger charge is 2.75. The van der Waals surface area contributed by atoms with E-state index in [1.165, 1.54) is 0 Å². The molecule has 8 atom stereocenters. The zero-order valence-corrected chi connectivity index (χ0v) is 22.8. The van der Waals surface area contributed by atoms with E-state index in [-0.39, 0.29) is 41.8 Å². The predicted octanol–water partition coefficient (Wildman–Crippen LogP) is 4.65. The molecular formula is C29H43FN2O4. The van der Waals surface area contributed by atoms with Crippen LogP contribution in [-0.4, -0.2) is 45.0 Å². The molecule has 0 radical (unpaired) electrons. The number of ketones is 1. The van der Waals surface area contributed by atoms with Gasteiger partial charge in [0.1, 0.15) is 5.60 Å². The highest BCUT2D eigenvalue weighted by molar-refractivity contribution is 6.06.